The van der Waals surface area contributed by atoms with Crippen LogP contribution in [0.5, 0.6) is 0 Å². The first-order valence-electron chi connectivity index (χ1n) is 7.03. The molecule has 0 saturated heterocycles. The Balaban J connectivity index is 1.66. The monoisotopic (exact) mass is 291 g/mol. The number of hydrogen-bond acceptors (Lipinski definition) is 4. The van der Waals surface area contributed by atoms with Crippen molar-refractivity contribution in [2.75, 3.05) is 0 Å². The Bertz CT molecular complexity index is 559. The van der Waals surface area contributed by atoms with Crippen molar-refractivity contribution in [1.29, 1.82) is 0 Å². The predicted molar refractivity (Wildman–Crippen MR) is 77.7 cm³/mol. The Labute approximate surface area is 123 Å². The van der Waals surface area contributed by atoms with Gasteiger partial charge >= 0.3 is 0 Å². The average molecular weight is 292 g/mol. The quantitative estimate of drug-likeness (QED) is 0.942. The standard InChI is InChI=1S/C15H18ClN3O/c16-12-5-1-10(2-6-12)9-14-18-19-15(20-14)11-3-7-13(17)8-4-11/h1-2,5-6,11,13H,3-4,7-9,17H2. The van der Waals surface area contributed by atoms with Crippen LogP contribution < -0.4 is 5.73 Å². The van der Waals surface area contributed by atoms with E-state index in [0.29, 0.717) is 24.3 Å². The number of rotatable bonds is 3. The third-order valence-electron chi connectivity index (χ3n) is 3.87. The topological polar surface area (TPSA) is 64.9 Å². The van der Waals surface area contributed by atoms with Crippen LogP contribution in [0, 0.1) is 0 Å². The van der Waals surface area contributed by atoms with E-state index in [0.717, 1.165) is 42.2 Å². The van der Waals surface area contributed by atoms with E-state index in [2.05, 4.69) is 10.2 Å². The SMILES string of the molecule is NC1CCC(c2nnc(Cc3ccc(Cl)cc3)o2)CC1. The molecule has 106 valence electrons. The summed E-state index contributed by atoms with van der Waals surface area (Å²) in [6, 6.07) is 8.04. The van der Waals surface area contributed by atoms with Gasteiger partial charge in [0.05, 0.1) is 6.42 Å². The molecule has 20 heavy (non-hydrogen) atoms. The van der Waals surface area contributed by atoms with Crippen molar-refractivity contribution in [3.63, 3.8) is 0 Å². The molecule has 0 amide bonds. The van der Waals surface area contributed by atoms with Crippen LogP contribution >= 0.6 is 11.6 Å². The molecule has 1 aliphatic carbocycles. The fourth-order valence-corrected chi connectivity index (χ4v) is 2.77. The Morgan fingerprint density at radius 1 is 1.10 bits per heavy atom. The molecular formula is C15H18ClN3O. The van der Waals surface area contributed by atoms with E-state index in [1.54, 1.807) is 0 Å². The highest BCUT2D eigenvalue weighted by Crippen LogP contribution is 2.31. The maximum atomic E-state index is 5.92. The van der Waals surface area contributed by atoms with E-state index in [1.807, 2.05) is 24.3 Å². The Morgan fingerprint density at radius 3 is 2.50 bits per heavy atom. The van der Waals surface area contributed by atoms with Gasteiger partial charge < -0.3 is 10.2 Å². The molecule has 0 spiro atoms. The highest BCUT2D eigenvalue weighted by molar-refractivity contribution is 6.30. The largest absolute Gasteiger partial charge is 0.425 e. The zero-order valence-electron chi connectivity index (χ0n) is 11.3. The predicted octanol–water partition coefficient (Wildman–Crippen LogP) is 3.30. The molecule has 1 saturated carbocycles. The lowest BCUT2D eigenvalue weighted by Gasteiger charge is -2.23. The van der Waals surface area contributed by atoms with Gasteiger partial charge in [-0.25, -0.2) is 0 Å². The van der Waals surface area contributed by atoms with Crippen molar-refractivity contribution in [3.05, 3.63) is 46.6 Å². The minimum atomic E-state index is 0.336. The lowest BCUT2D eigenvalue weighted by atomic mass is 9.86. The molecule has 0 unspecified atom stereocenters. The summed E-state index contributed by atoms with van der Waals surface area (Å²) in [5, 5.41) is 9.08. The third kappa shape index (κ3) is 3.19. The van der Waals surface area contributed by atoms with E-state index in [-0.39, 0.29) is 0 Å². The second kappa shape index (κ2) is 5.94. The van der Waals surface area contributed by atoms with Gasteiger partial charge in [-0.15, -0.1) is 10.2 Å². The van der Waals surface area contributed by atoms with Crippen molar-refractivity contribution >= 4 is 11.6 Å². The Morgan fingerprint density at radius 2 is 1.80 bits per heavy atom. The van der Waals surface area contributed by atoms with Crippen LogP contribution in [-0.2, 0) is 6.42 Å². The highest BCUT2D eigenvalue weighted by atomic mass is 35.5. The minimum absolute atomic E-state index is 0.336. The zero-order chi connectivity index (χ0) is 13.9. The second-order valence-electron chi connectivity index (χ2n) is 5.45. The summed E-state index contributed by atoms with van der Waals surface area (Å²) in [6.07, 6.45) is 4.82. The van der Waals surface area contributed by atoms with Gasteiger partial charge in [-0.05, 0) is 43.4 Å². The van der Waals surface area contributed by atoms with Gasteiger partial charge in [-0.2, -0.15) is 0 Å². The third-order valence-corrected chi connectivity index (χ3v) is 4.12. The fourth-order valence-electron chi connectivity index (χ4n) is 2.65. The van der Waals surface area contributed by atoms with E-state index in [1.165, 1.54) is 0 Å². The van der Waals surface area contributed by atoms with Gasteiger partial charge in [-0.3, -0.25) is 0 Å². The number of hydrogen-bond donors (Lipinski definition) is 1. The first-order valence-corrected chi connectivity index (χ1v) is 7.41. The van der Waals surface area contributed by atoms with Crippen LogP contribution in [0.1, 0.15) is 48.9 Å². The smallest absolute Gasteiger partial charge is 0.220 e. The maximum absolute atomic E-state index is 5.92. The van der Waals surface area contributed by atoms with Crippen molar-refractivity contribution < 1.29 is 4.42 Å². The second-order valence-corrected chi connectivity index (χ2v) is 5.89. The summed E-state index contributed by atoms with van der Waals surface area (Å²) >= 11 is 5.87. The van der Waals surface area contributed by atoms with Gasteiger partial charge in [0.25, 0.3) is 0 Å². The molecule has 5 heteroatoms. The molecule has 1 fully saturated rings. The molecule has 0 radical (unpaired) electrons. The molecule has 1 aliphatic rings. The molecule has 2 N–H and O–H groups in total. The lowest BCUT2D eigenvalue weighted by molar-refractivity contribution is 0.332. The van der Waals surface area contributed by atoms with Crippen LogP contribution in [-0.4, -0.2) is 16.2 Å². The van der Waals surface area contributed by atoms with Crippen LogP contribution in [0.3, 0.4) is 0 Å². The van der Waals surface area contributed by atoms with Crippen LogP contribution in [0.15, 0.2) is 28.7 Å². The Kier molecular flexibility index (Phi) is 4.03. The minimum Gasteiger partial charge on any atom is -0.425 e. The maximum Gasteiger partial charge on any atom is 0.220 e. The molecule has 2 aromatic rings. The summed E-state index contributed by atoms with van der Waals surface area (Å²) in [6.45, 7) is 0. The van der Waals surface area contributed by atoms with E-state index in [9.17, 15) is 0 Å². The average Bonchev–Trinajstić information content (AvgIpc) is 2.91. The van der Waals surface area contributed by atoms with Crippen LogP contribution in [0.2, 0.25) is 5.02 Å². The molecule has 4 nitrogen and oxygen atoms in total. The first kappa shape index (κ1) is 13.6. The normalized spacial score (nSPS) is 22.9. The number of nitrogens with two attached hydrogens (primary N) is 1. The van der Waals surface area contributed by atoms with Crippen molar-refractivity contribution in [2.24, 2.45) is 5.73 Å². The number of aromatic nitrogens is 2. The van der Waals surface area contributed by atoms with Gasteiger partial charge in [0.2, 0.25) is 11.8 Å². The van der Waals surface area contributed by atoms with Crippen LogP contribution in [0.25, 0.3) is 0 Å². The molecule has 3 rings (SSSR count). The molecule has 0 aliphatic heterocycles. The summed E-state index contributed by atoms with van der Waals surface area (Å²) in [5.41, 5.74) is 7.04. The molecule has 1 aromatic heterocycles. The number of benzene rings is 1. The molecule has 0 atom stereocenters. The van der Waals surface area contributed by atoms with E-state index < -0.39 is 0 Å². The van der Waals surface area contributed by atoms with Crippen molar-refractivity contribution in [3.8, 4) is 0 Å². The van der Waals surface area contributed by atoms with Gasteiger partial charge in [0, 0.05) is 17.0 Å². The summed E-state index contributed by atoms with van der Waals surface area (Å²) in [7, 11) is 0. The molecular weight excluding hydrogens is 274 g/mol. The van der Waals surface area contributed by atoms with E-state index in [4.69, 9.17) is 21.8 Å². The lowest BCUT2D eigenvalue weighted by Crippen LogP contribution is -2.25. The zero-order valence-corrected chi connectivity index (χ0v) is 12.0. The van der Waals surface area contributed by atoms with Gasteiger partial charge in [-0.1, -0.05) is 23.7 Å². The van der Waals surface area contributed by atoms with Gasteiger partial charge in [0.1, 0.15) is 0 Å². The van der Waals surface area contributed by atoms with Gasteiger partial charge in [0.15, 0.2) is 0 Å². The molecule has 1 heterocycles. The van der Waals surface area contributed by atoms with Crippen molar-refractivity contribution in [2.45, 2.75) is 44.1 Å². The van der Waals surface area contributed by atoms with Crippen molar-refractivity contribution in [1.82, 2.24) is 10.2 Å². The van der Waals surface area contributed by atoms with E-state index >= 15 is 0 Å². The molecule has 1 aromatic carbocycles. The highest BCUT2D eigenvalue weighted by Gasteiger charge is 2.24. The number of nitrogens with zero attached hydrogens (tertiary/aromatic N) is 2. The molecule has 0 bridgehead atoms. The van der Waals surface area contributed by atoms with Crippen LogP contribution in [0.4, 0.5) is 0 Å². The first-order chi connectivity index (χ1) is 9.70. The summed E-state index contributed by atoms with van der Waals surface area (Å²) in [5.74, 6) is 1.80. The summed E-state index contributed by atoms with van der Waals surface area (Å²) < 4.78 is 5.80. The number of halogens is 1. The fraction of sp³-hybridized carbons (Fsp3) is 0.467. The summed E-state index contributed by atoms with van der Waals surface area (Å²) in [4.78, 5) is 0. The Hall–Kier alpha value is -1.39.